The molecule has 2 atom stereocenters. The zero-order valence-corrected chi connectivity index (χ0v) is 21.1. The number of hydrogen-bond acceptors (Lipinski definition) is 7. The first kappa shape index (κ1) is 26.0. The molecule has 1 aromatic carbocycles. The summed E-state index contributed by atoms with van der Waals surface area (Å²) in [5.74, 6) is 0.394. The number of aryl methyl sites for hydroxylation is 1. The molecule has 1 fully saturated rings. The van der Waals surface area contributed by atoms with Crippen molar-refractivity contribution in [2.45, 2.75) is 83.0 Å². The minimum atomic E-state index is -4.60. The third kappa shape index (κ3) is 5.82. The predicted octanol–water partition coefficient (Wildman–Crippen LogP) is 3.70. The number of anilines is 1. The van der Waals surface area contributed by atoms with Gasteiger partial charge in [0.25, 0.3) is 0 Å². The quantitative estimate of drug-likeness (QED) is 0.545. The number of aromatic nitrogens is 4. The summed E-state index contributed by atoms with van der Waals surface area (Å²) in [4.78, 5) is 8.96. The lowest BCUT2D eigenvalue weighted by atomic mass is 9.80. The number of nitrogens with one attached hydrogen (secondary N) is 3. The molecule has 2 aliphatic rings. The third-order valence-corrected chi connectivity index (χ3v) is 6.16. The van der Waals surface area contributed by atoms with Crippen LogP contribution in [0.15, 0.2) is 28.2 Å². The number of nitrogens with zero attached hydrogens (tertiary/aromatic N) is 6. The van der Waals surface area contributed by atoms with Gasteiger partial charge >= 0.3 is 6.18 Å². The number of hydrogen-bond donors (Lipinski definition) is 3. The normalized spacial score (nSPS) is 25.4. The molecule has 0 amide bonds. The first-order chi connectivity index (χ1) is 16.6. The van der Waals surface area contributed by atoms with Gasteiger partial charge in [-0.05, 0) is 76.1 Å². The van der Waals surface area contributed by atoms with Crippen molar-refractivity contribution >= 4 is 17.5 Å². The van der Waals surface area contributed by atoms with Crippen molar-refractivity contribution in [1.29, 1.82) is 0 Å². The van der Waals surface area contributed by atoms with Gasteiger partial charge in [0.2, 0.25) is 5.96 Å². The van der Waals surface area contributed by atoms with E-state index < -0.39 is 24.0 Å². The first-order valence-corrected chi connectivity index (χ1v) is 11.7. The van der Waals surface area contributed by atoms with Crippen LogP contribution in [0.1, 0.15) is 53.0 Å². The van der Waals surface area contributed by atoms with E-state index in [0.29, 0.717) is 12.8 Å². The van der Waals surface area contributed by atoms with Gasteiger partial charge in [0.1, 0.15) is 5.84 Å². The van der Waals surface area contributed by atoms with E-state index in [1.54, 1.807) is 6.92 Å². The smallest absolute Gasteiger partial charge is 0.326 e. The average Bonchev–Trinajstić information content (AvgIpc) is 3.14. The minimum Gasteiger partial charge on any atom is -0.326 e. The summed E-state index contributed by atoms with van der Waals surface area (Å²) >= 11 is 0. The highest BCUT2D eigenvalue weighted by Crippen LogP contribution is 2.35. The number of alkyl halides is 4. The summed E-state index contributed by atoms with van der Waals surface area (Å²) in [5, 5.41) is 20.3. The molecule has 0 spiro atoms. The molecule has 3 heterocycles. The molecule has 36 heavy (non-hydrogen) atoms. The number of halogens is 4. The van der Waals surface area contributed by atoms with Crippen molar-refractivity contribution in [2.75, 3.05) is 5.32 Å². The molecule has 9 nitrogen and oxygen atoms in total. The van der Waals surface area contributed by atoms with Crippen molar-refractivity contribution in [3.8, 4) is 11.4 Å². The Labute approximate surface area is 206 Å². The Kier molecular flexibility index (Phi) is 6.56. The minimum absolute atomic E-state index is 0.0991. The number of benzene rings is 1. The van der Waals surface area contributed by atoms with Gasteiger partial charge in [-0.3, -0.25) is 4.99 Å². The number of amidine groups is 1. The zero-order chi connectivity index (χ0) is 26.5. The average molecular weight is 510 g/mol. The molecule has 3 N–H and O–H groups in total. The van der Waals surface area contributed by atoms with Gasteiger partial charge in [-0.2, -0.15) is 13.2 Å². The summed E-state index contributed by atoms with van der Waals surface area (Å²) in [6.07, 6.45) is -4.63. The molecule has 2 unspecified atom stereocenters. The van der Waals surface area contributed by atoms with Crippen molar-refractivity contribution in [2.24, 2.45) is 17.0 Å². The molecule has 0 aliphatic carbocycles. The van der Waals surface area contributed by atoms with Crippen LogP contribution in [0, 0.1) is 0 Å². The maximum absolute atomic E-state index is 15.1. The van der Waals surface area contributed by atoms with E-state index in [1.807, 2.05) is 0 Å². The molecule has 1 saturated heterocycles. The summed E-state index contributed by atoms with van der Waals surface area (Å²) in [7, 11) is 1.53. The maximum atomic E-state index is 15.1. The summed E-state index contributed by atoms with van der Waals surface area (Å²) < 4.78 is 57.2. The molecule has 13 heteroatoms. The van der Waals surface area contributed by atoms with Gasteiger partial charge in [0.05, 0.1) is 17.6 Å². The van der Waals surface area contributed by atoms with Crippen LogP contribution in [-0.2, 0) is 13.2 Å². The number of aliphatic imine (C=N–C) groups is 2. The fourth-order valence-corrected chi connectivity index (χ4v) is 5.05. The summed E-state index contributed by atoms with van der Waals surface area (Å²) in [6.45, 7) is 9.92. The van der Waals surface area contributed by atoms with E-state index in [1.165, 1.54) is 17.8 Å². The second-order valence-corrected chi connectivity index (χ2v) is 10.8. The van der Waals surface area contributed by atoms with Crippen LogP contribution < -0.4 is 16.0 Å². The lowest BCUT2D eigenvalue weighted by Crippen LogP contribution is -2.59. The Morgan fingerprint density at radius 2 is 1.78 bits per heavy atom. The number of guanidine groups is 1. The fraction of sp³-hybridized carbons (Fsp3) is 0.609. The first-order valence-electron chi connectivity index (χ1n) is 11.7. The van der Waals surface area contributed by atoms with Crippen LogP contribution in [0.25, 0.3) is 11.4 Å². The summed E-state index contributed by atoms with van der Waals surface area (Å²) in [6, 6.07) is 2.50. The van der Waals surface area contributed by atoms with Crippen LogP contribution in [0.2, 0.25) is 0 Å². The molecule has 0 saturated carbocycles. The van der Waals surface area contributed by atoms with Gasteiger partial charge in [-0.15, -0.1) is 5.10 Å². The van der Waals surface area contributed by atoms with E-state index in [-0.39, 0.29) is 46.0 Å². The molecule has 2 aliphatic heterocycles. The lowest BCUT2D eigenvalue weighted by molar-refractivity contribution is -0.137. The predicted molar refractivity (Wildman–Crippen MR) is 130 cm³/mol. The van der Waals surface area contributed by atoms with Gasteiger partial charge in [0, 0.05) is 29.4 Å². The van der Waals surface area contributed by atoms with Crippen LogP contribution in [-0.4, -0.2) is 61.3 Å². The maximum Gasteiger partial charge on any atom is 0.416 e. The Bertz CT molecular complexity index is 1170. The topological polar surface area (TPSA) is 104 Å². The standard InChI is InChI=1S/C23H31F4N9/c1-12-17(24)18(29-16-10-21(2,3)33-22(4,5)11-16)31-20(28-12)30-15-8-13(19-32-34-35-36(19)6)7-14(9-15)23(25,26)27/h7-9,12,16-17,33H,10-11H2,1-6H3,(H2,28,29,30,31). The molecule has 2 aromatic rings. The van der Waals surface area contributed by atoms with Crippen LogP contribution in [0.3, 0.4) is 0 Å². The second-order valence-electron chi connectivity index (χ2n) is 10.8. The van der Waals surface area contributed by atoms with E-state index in [4.69, 9.17) is 4.99 Å². The van der Waals surface area contributed by atoms with Crippen LogP contribution in [0.5, 0.6) is 0 Å². The highest BCUT2D eigenvalue weighted by molar-refractivity contribution is 6.09. The molecule has 1 aromatic heterocycles. The molecular formula is C23H31F4N9. The van der Waals surface area contributed by atoms with Gasteiger partial charge in [0.15, 0.2) is 12.0 Å². The SMILES string of the molecule is CC1N=C(Nc2cc(-c3nnnn3C)cc(C(F)(F)F)c2)NC(=NC2CC(C)(C)NC(C)(C)C2)C1F. The van der Waals surface area contributed by atoms with Crippen LogP contribution >= 0.6 is 0 Å². The Hall–Kier alpha value is -3.09. The second kappa shape index (κ2) is 9.09. The van der Waals surface area contributed by atoms with Gasteiger partial charge in [-0.1, -0.05) is 0 Å². The van der Waals surface area contributed by atoms with Crippen molar-refractivity contribution in [1.82, 2.24) is 30.8 Å². The molecule has 0 radical (unpaired) electrons. The molecule has 196 valence electrons. The largest absolute Gasteiger partial charge is 0.416 e. The van der Waals surface area contributed by atoms with Gasteiger partial charge < -0.3 is 16.0 Å². The Balaban J connectivity index is 1.63. The number of tetrazole rings is 1. The molecular weight excluding hydrogens is 478 g/mol. The fourth-order valence-electron chi connectivity index (χ4n) is 5.05. The van der Waals surface area contributed by atoms with Crippen molar-refractivity contribution < 1.29 is 17.6 Å². The number of rotatable bonds is 3. The van der Waals surface area contributed by atoms with Gasteiger partial charge in [-0.25, -0.2) is 14.1 Å². The number of piperidine rings is 1. The van der Waals surface area contributed by atoms with Crippen molar-refractivity contribution in [3.05, 3.63) is 23.8 Å². The Morgan fingerprint density at radius 1 is 1.11 bits per heavy atom. The Morgan fingerprint density at radius 3 is 2.36 bits per heavy atom. The highest BCUT2D eigenvalue weighted by atomic mass is 19.4. The molecule has 0 bridgehead atoms. The van der Waals surface area contributed by atoms with Crippen molar-refractivity contribution in [3.63, 3.8) is 0 Å². The third-order valence-electron chi connectivity index (χ3n) is 6.16. The van der Waals surface area contributed by atoms with E-state index >= 15 is 4.39 Å². The van der Waals surface area contributed by atoms with Crippen LogP contribution in [0.4, 0.5) is 23.2 Å². The zero-order valence-electron chi connectivity index (χ0n) is 21.1. The highest BCUT2D eigenvalue weighted by Gasteiger charge is 2.39. The monoisotopic (exact) mass is 509 g/mol. The van der Waals surface area contributed by atoms with E-state index in [2.05, 4.69) is 64.2 Å². The van der Waals surface area contributed by atoms with E-state index in [0.717, 1.165) is 12.1 Å². The van der Waals surface area contributed by atoms with E-state index in [9.17, 15) is 13.2 Å². The molecule has 4 rings (SSSR count). The summed E-state index contributed by atoms with van der Waals surface area (Å²) in [5.41, 5.74) is -0.976. The lowest BCUT2D eigenvalue weighted by Gasteiger charge is -2.45.